The van der Waals surface area contributed by atoms with Crippen LogP contribution in [0, 0.1) is 0 Å². The molecule has 0 saturated carbocycles. The second kappa shape index (κ2) is 7.07. The molecule has 0 radical (unpaired) electrons. The Morgan fingerprint density at radius 2 is 1.96 bits per heavy atom. The van der Waals surface area contributed by atoms with Crippen LogP contribution in [-0.2, 0) is 7.05 Å². The first kappa shape index (κ1) is 16.5. The smallest absolute Gasteiger partial charge is 0.211 e. The van der Waals surface area contributed by atoms with Gasteiger partial charge in [0.25, 0.3) is 0 Å². The average molecular weight is 362 g/mol. The molecule has 0 aliphatic carbocycles. The van der Waals surface area contributed by atoms with Crippen LogP contribution >= 0.6 is 22.9 Å². The zero-order valence-corrected chi connectivity index (χ0v) is 15.1. The molecule has 0 amide bonds. The molecular weight excluding hydrogens is 346 g/mol. The lowest BCUT2D eigenvalue weighted by Crippen LogP contribution is -2.08. The minimum atomic E-state index is 0.464. The molecule has 2 aromatic carbocycles. The molecule has 0 unspecified atom stereocenters. The van der Waals surface area contributed by atoms with Crippen molar-refractivity contribution in [2.45, 2.75) is 0 Å². The highest BCUT2D eigenvalue weighted by molar-refractivity contribution is 7.16. The summed E-state index contributed by atoms with van der Waals surface area (Å²) in [6.07, 6.45) is 1.64. The van der Waals surface area contributed by atoms with E-state index in [0.29, 0.717) is 16.5 Å². The van der Waals surface area contributed by atoms with Gasteiger partial charge in [-0.2, -0.15) is 5.10 Å². The Labute approximate surface area is 148 Å². The molecule has 7 heteroatoms. The van der Waals surface area contributed by atoms with Crippen molar-refractivity contribution in [1.29, 1.82) is 0 Å². The zero-order chi connectivity index (χ0) is 17.1. The van der Waals surface area contributed by atoms with Gasteiger partial charge in [0.15, 0.2) is 11.5 Å². The molecule has 0 N–H and O–H groups in total. The summed E-state index contributed by atoms with van der Waals surface area (Å²) in [5.74, 6) is 1.06. The van der Waals surface area contributed by atoms with Crippen molar-refractivity contribution in [3.63, 3.8) is 0 Å². The molecule has 0 spiro atoms. The van der Waals surface area contributed by atoms with E-state index in [0.717, 1.165) is 15.9 Å². The van der Waals surface area contributed by atoms with Gasteiger partial charge < -0.3 is 14.0 Å². The number of hydrogen-bond acceptors (Lipinski definition) is 5. The van der Waals surface area contributed by atoms with Gasteiger partial charge in [0.1, 0.15) is 0 Å². The Morgan fingerprint density at radius 1 is 1.17 bits per heavy atom. The highest BCUT2D eigenvalue weighted by atomic mass is 35.5. The molecule has 0 atom stereocenters. The summed E-state index contributed by atoms with van der Waals surface area (Å²) in [5, 5.41) is 8.94. The molecule has 0 aliphatic rings. The summed E-state index contributed by atoms with van der Waals surface area (Å²) in [5.41, 5.74) is 1.91. The van der Waals surface area contributed by atoms with Gasteiger partial charge in [0, 0.05) is 12.6 Å². The van der Waals surface area contributed by atoms with Crippen LogP contribution in [0.3, 0.4) is 0 Å². The average Bonchev–Trinajstić information content (AvgIpc) is 2.91. The van der Waals surface area contributed by atoms with Gasteiger partial charge in [-0.15, -0.1) is 5.10 Å². The first-order valence-corrected chi connectivity index (χ1v) is 8.36. The van der Waals surface area contributed by atoms with Crippen LogP contribution in [0.2, 0.25) is 5.02 Å². The molecule has 0 aliphatic heterocycles. The van der Waals surface area contributed by atoms with E-state index in [-0.39, 0.29) is 0 Å². The van der Waals surface area contributed by atoms with E-state index in [1.54, 1.807) is 43.9 Å². The number of ether oxygens (including phenoxy) is 2. The summed E-state index contributed by atoms with van der Waals surface area (Å²) in [7, 11) is 5.09. The van der Waals surface area contributed by atoms with Crippen molar-refractivity contribution in [3.05, 3.63) is 51.8 Å². The standard InChI is InChI=1S/C17H16ClN3O2S/c1-21-13-6-4-5-7-15(13)24-17(21)20-19-10-11-8-12(18)16(23-3)14(9-11)22-2/h4-10H,1-3H3. The van der Waals surface area contributed by atoms with Crippen molar-refractivity contribution in [3.8, 4) is 11.5 Å². The molecule has 124 valence electrons. The highest BCUT2D eigenvalue weighted by Gasteiger charge is 2.09. The monoisotopic (exact) mass is 361 g/mol. The lowest BCUT2D eigenvalue weighted by Gasteiger charge is -2.09. The minimum Gasteiger partial charge on any atom is -0.493 e. The second-order valence-electron chi connectivity index (χ2n) is 4.99. The SMILES string of the molecule is COc1cc(C=NN=c2sc3ccccc3n2C)cc(Cl)c1OC. The van der Waals surface area contributed by atoms with Crippen molar-refractivity contribution in [2.75, 3.05) is 14.2 Å². The van der Waals surface area contributed by atoms with E-state index in [9.17, 15) is 0 Å². The number of halogens is 1. The maximum absolute atomic E-state index is 6.19. The van der Waals surface area contributed by atoms with Crippen molar-refractivity contribution >= 4 is 39.4 Å². The molecule has 24 heavy (non-hydrogen) atoms. The summed E-state index contributed by atoms with van der Waals surface area (Å²) < 4.78 is 13.7. The van der Waals surface area contributed by atoms with Gasteiger partial charge in [-0.1, -0.05) is 35.1 Å². The number of fused-ring (bicyclic) bond motifs is 1. The number of thiazole rings is 1. The Morgan fingerprint density at radius 3 is 2.67 bits per heavy atom. The third-order valence-corrected chi connectivity index (χ3v) is 4.90. The van der Waals surface area contributed by atoms with Gasteiger partial charge in [0.2, 0.25) is 4.80 Å². The van der Waals surface area contributed by atoms with Crippen LogP contribution in [0.4, 0.5) is 0 Å². The normalized spacial score (nSPS) is 12.2. The van der Waals surface area contributed by atoms with Crippen LogP contribution in [0.1, 0.15) is 5.56 Å². The molecule has 3 rings (SSSR count). The lowest BCUT2D eigenvalue weighted by atomic mass is 10.2. The molecule has 5 nitrogen and oxygen atoms in total. The van der Waals surface area contributed by atoms with E-state index < -0.39 is 0 Å². The van der Waals surface area contributed by atoms with Gasteiger partial charge >= 0.3 is 0 Å². The maximum atomic E-state index is 6.19. The van der Waals surface area contributed by atoms with Gasteiger partial charge in [0.05, 0.1) is 35.7 Å². The fourth-order valence-electron chi connectivity index (χ4n) is 2.34. The van der Waals surface area contributed by atoms with Gasteiger partial charge in [-0.05, 0) is 24.3 Å². The van der Waals surface area contributed by atoms with Crippen LogP contribution < -0.4 is 14.3 Å². The summed E-state index contributed by atoms with van der Waals surface area (Å²) in [6, 6.07) is 11.7. The third kappa shape index (κ3) is 3.16. The fourth-order valence-corrected chi connectivity index (χ4v) is 3.61. The second-order valence-corrected chi connectivity index (χ2v) is 6.41. The van der Waals surface area contributed by atoms with E-state index in [4.69, 9.17) is 21.1 Å². The van der Waals surface area contributed by atoms with E-state index >= 15 is 0 Å². The van der Waals surface area contributed by atoms with E-state index in [2.05, 4.69) is 22.3 Å². The van der Waals surface area contributed by atoms with Crippen molar-refractivity contribution in [1.82, 2.24) is 4.57 Å². The molecule has 1 heterocycles. The molecule has 3 aromatic rings. The highest BCUT2D eigenvalue weighted by Crippen LogP contribution is 2.35. The number of aryl methyl sites for hydroxylation is 1. The quantitative estimate of drug-likeness (QED) is 0.523. The number of nitrogens with zero attached hydrogens (tertiary/aromatic N) is 3. The largest absolute Gasteiger partial charge is 0.493 e. The van der Waals surface area contributed by atoms with Crippen LogP contribution in [0.25, 0.3) is 10.2 Å². The first-order valence-electron chi connectivity index (χ1n) is 7.17. The predicted octanol–water partition coefficient (Wildman–Crippen LogP) is 3.85. The summed E-state index contributed by atoms with van der Waals surface area (Å²) in [6.45, 7) is 0. The number of methoxy groups -OCH3 is 2. The van der Waals surface area contributed by atoms with E-state index in [1.807, 2.05) is 23.7 Å². The molecule has 0 bridgehead atoms. The zero-order valence-electron chi connectivity index (χ0n) is 13.5. The van der Waals surface area contributed by atoms with Crippen molar-refractivity contribution in [2.24, 2.45) is 17.3 Å². The number of rotatable bonds is 4. The number of hydrogen-bond donors (Lipinski definition) is 0. The van der Waals surface area contributed by atoms with Gasteiger partial charge in [-0.3, -0.25) is 0 Å². The first-order chi connectivity index (χ1) is 11.6. The fraction of sp³-hybridized carbons (Fsp3) is 0.176. The lowest BCUT2D eigenvalue weighted by molar-refractivity contribution is 0.355. The Kier molecular flexibility index (Phi) is 4.87. The number of benzene rings is 2. The number of aromatic nitrogens is 1. The summed E-state index contributed by atoms with van der Waals surface area (Å²) in [4.78, 5) is 0.819. The Bertz CT molecular complexity index is 976. The molecule has 1 aromatic heterocycles. The predicted molar refractivity (Wildman–Crippen MR) is 98.5 cm³/mol. The molecule has 0 fully saturated rings. The Balaban J connectivity index is 1.96. The van der Waals surface area contributed by atoms with Crippen molar-refractivity contribution < 1.29 is 9.47 Å². The topological polar surface area (TPSA) is 48.1 Å². The van der Waals surface area contributed by atoms with Crippen LogP contribution in [0.15, 0.2) is 46.6 Å². The molecule has 0 saturated heterocycles. The van der Waals surface area contributed by atoms with Gasteiger partial charge in [-0.25, -0.2) is 0 Å². The van der Waals surface area contributed by atoms with Crippen LogP contribution in [-0.4, -0.2) is 25.0 Å². The number of para-hydroxylation sites is 1. The van der Waals surface area contributed by atoms with Crippen LogP contribution in [0.5, 0.6) is 11.5 Å². The third-order valence-electron chi connectivity index (χ3n) is 3.52. The minimum absolute atomic E-state index is 0.464. The summed E-state index contributed by atoms with van der Waals surface area (Å²) >= 11 is 7.78. The molecular formula is C17H16ClN3O2S. The maximum Gasteiger partial charge on any atom is 0.211 e. The Hall–Kier alpha value is -2.31. The van der Waals surface area contributed by atoms with E-state index in [1.165, 1.54) is 4.70 Å².